The molecule has 1 aromatic heterocycles. The van der Waals surface area contributed by atoms with Gasteiger partial charge in [-0.3, -0.25) is 0 Å². The highest BCUT2D eigenvalue weighted by atomic mass is 79.9. The number of hydrogen-bond acceptors (Lipinski definition) is 4. The lowest BCUT2D eigenvalue weighted by Gasteiger charge is -2.12. The van der Waals surface area contributed by atoms with Crippen molar-refractivity contribution < 1.29 is 0 Å². The lowest BCUT2D eigenvalue weighted by atomic mass is 9.99. The molecule has 1 aromatic carbocycles. The van der Waals surface area contributed by atoms with Crippen LogP contribution in [0.5, 0.6) is 0 Å². The Morgan fingerprint density at radius 1 is 1.40 bits per heavy atom. The third kappa shape index (κ3) is 2.05. The second kappa shape index (κ2) is 4.50. The summed E-state index contributed by atoms with van der Waals surface area (Å²) in [7, 11) is 0. The van der Waals surface area contributed by atoms with E-state index in [4.69, 9.17) is 5.73 Å². The van der Waals surface area contributed by atoms with Crippen molar-refractivity contribution in [2.75, 3.05) is 6.54 Å². The molecular formula is C9H10BrN5. The van der Waals surface area contributed by atoms with Gasteiger partial charge in [0.25, 0.3) is 0 Å². The maximum absolute atomic E-state index is 5.72. The number of tetrazole rings is 1. The zero-order valence-corrected chi connectivity index (χ0v) is 9.48. The first-order valence-corrected chi connectivity index (χ1v) is 5.30. The van der Waals surface area contributed by atoms with E-state index in [1.165, 1.54) is 0 Å². The van der Waals surface area contributed by atoms with E-state index in [0.717, 1.165) is 10.0 Å². The van der Waals surface area contributed by atoms with Gasteiger partial charge in [-0.15, -0.1) is 10.2 Å². The largest absolute Gasteiger partial charge is 0.329 e. The van der Waals surface area contributed by atoms with Crippen LogP contribution >= 0.6 is 15.9 Å². The number of hydrogen-bond donors (Lipinski definition) is 2. The molecular weight excluding hydrogens is 258 g/mol. The van der Waals surface area contributed by atoms with Crippen LogP contribution < -0.4 is 5.73 Å². The number of nitrogens with one attached hydrogen (secondary N) is 1. The van der Waals surface area contributed by atoms with E-state index < -0.39 is 0 Å². The molecule has 0 aliphatic carbocycles. The Hall–Kier alpha value is -1.27. The SMILES string of the molecule is NCC(c1nn[nH]n1)c1ccccc1Br. The number of nitrogens with zero attached hydrogens (tertiary/aromatic N) is 3. The van der Waals surface area contributed by atoms with Crippen LogP contribution in [-0.2, 0) is 0 Å². The van der Waals surface area contributed by atoms with Gasteiger partial charge in [0.1, 0.15) is 0 Å². The molecule has 0 aliphatic heterocycles. The molecule has 78 valence electrons. The molecule has 15 heavy (non-hydrogen) atoms. The number of H-pyrrole nitrogens is 1. The standard InChI is InChI=1S/C9H10BrN5/c10-8-4-2-1-3-6(8)7(5-11)9-12-14-15-13-9/h1-4,7H,5,11H2,(H,12,13,14,15). The molecule has 1 heterocycles. The molecule has 0 spiro atoms. The molecule has 1 atom stereocenters. The lowest BCUT2D eigenvalue weighted by molar-refractivity contribution is 0.750. The van der Waals surface area contributed by atoms with Crippen molar-refractivity contribution in [2.45, 2.75) is 5.92 Å². The minimum Gasteiger partial charge on any atom is -0.329 e. The fourth-order valence-corrected chi connectivity index (χ4v) is 2.01. The average Bonchev–Trinajstić information content (AvgIpc) is 2.75. The van der Waals surface area contributed by atoms with E-state index in [9.17, 15) is 0 Å². The fourth-order valence-electron chi connectivity index (χ4n) is 1.45. The van der Waals surface area contributed by atoms with Gasteiger partial charge in [0.2, 0.25) is 0 Å². The summed E-state index contributed by atoms with van der Waals surface area (Å²) in [6.07, 6.45) is 0. The van der Waals surface area contributed by atoms with Crippen LogP contribution in [0.25, 0.3) is 0 Å². The Morgan fingerprint density at radius 3 is 2.80 bits per heavy atom. The molecule has 6 heteroatoms. The summed E-state index contributed by atoms with van der Waals surface area (Å²) < 4.78 is 1.00. The van der Waals surface area contributed by atoms with E-state index in [1.807, 2.05) is 24.3 Å². The summed E-state index contributed by atoms with van der Waals surface area (Å²) >= 11 is 3.48. The van der Waals surface area contributed by atoms with Crippen molar-refractivity contribution in [1.29, 1.82) is 0 Å². The van der Waals surface area contributed by atoms with Gasteiger partial charge in [-0.1, -0.05) is 39.3 Å². The Morgan fingerprint density at radius 2 is 2.20 bits per heavy atom. The Kier molecular flexibility index (Phi) is 3.08. The zero-order chi connectivity index (χ0) is 10.7. The second-order valence-electron chi connectivity index (χ2n) is 3.08. The normalized spacial score (nSPS) is 12.7. The van der Waals surface area contributed by atoms with Gasteiger partial charge in [-0.25, -0.2) is 0 Å². The van der Waals surface area contributed by atoms with Gasteiger partial charge in [0, 0.05) is 11.0 Å². The highest BCUT2D eigenvalue weighted by molar-refractivity contribution is 9.10. The molecule has 0 saturated heterocycles. The number of aromatic nitrogens is 4. The molecule has 1 unspecified atom stereocenters. The fraction of sp³-hybridized carbons (Fsp3) is 0.222. The van der Waals surface area contributed by atoms with Crippen LogP contribution in [-0.4, -0.2) is 27.2 Å². The van der Waals surface area contributed by atoms with Crippen molar-refractivity contribution >= 4 is 15.9 Å². The monoisotopic (exact) mass is 267 g/mol. The van der Waals surface area contributed by atoms with E-state index >= 15 is 0 Å². The lowest BCUT2D eigenvalue weighted by Crippen LogP contribution is -2.15. The number of benzene rings is 1. The topological polar surface area (TPSA) is 80.5 Å². The Balaban J connectivity index is 2.40. The van der Waals surface area contributed by atoms with Crippen LogP contribution in [0, 0.1) is 0 Å². The predicted octanol–water partition coefficient (Wildman–Crippen LogP) is 1.05. The summed E-state index contributed by atoms with van der Waals surface area (Å²) in [5.74, 6) is 0.587. The van der Waals surface area contributed by atoms with E-state index in [2.05, 4.69) is 36.6 Å². The summed E-state index contributed by atoms with van der Waals surface area (Å²) in [4.78, 5) is 0. The van der Waals surface area contributed by atoms with Gasteiger partial charge in [-0.2, -0.15) is 5.21 Å². The Bertz CT molecular complexity index is 428. The quantitative estimate of drug-likeness (QED) is 0.872. The molecule has 0 aliphatic rings. The first-order chi connectivity index (χ1) is 7.33. The molecule has 5 nitrogen and oxygen atoms in total. The third-order valence-electron chi connectivity index (χ3n) is 2.19. The van der Waals surface area contributed by atoms with E-state index in [0.29, 0.717) is 12.4 Å². The van der Waals surface area contributed by atoms with Gasteiger partial charge in [0.15, 0.2) is 5.82 Å². The molecule has 0 radical (unpaired) electrons. The number of aromatic amines is 1. The van der Waals surface area contributed by atoms with Gasteiger partial charge >= 0.3 is 0 Å². The molecule has 2 aromatic rings. The van der Waals surface area contributed by atoms with Crippen LogP contribution in [0.2, 0.25) is 0 Å². The van der Waals surface area contributed by atoms with E-state index in [-0.39, 0.29) is 5.92 Å². The van der Waals surface area contributed by atoms with Crippen LogP contribution in [0.4, 0.5) is 0 Å². The molecule has 0 fully saturated rings. The van der Waals surface area contributed by atoms with Crippen molar-refractivity contribution in [2.24, 2.45) is 5.73 Å². The van der Waals surface area contributed by atoms with Gasteiger partial charge < -0.3 is 5.73 Å². The summed E-state index contributed by atoms with van der Waals surface area (Å²) in [5.41, 5.74) is 6.79. The number of nitrogens with two attached hydrogens (primary N) is 1. The highest BCUT2D eigenvalue weighted by Crippen LogP contribution is 2.27. The average molecular weight is 268 g/mol. The molecule has 0 bridgehead atoms. The highest BCUT2D eigenvalue weighted by Gasteiger charge is 2.18. The third-order valence-corrected chi connectivity index (χ3v) is 2.91. The Labute approximate surface area is 95.2 Å². The van der Waals surface area contributed by atoms with Gasteiger partial charge in [-0.05, 0) is 11.6 Å². The minimum atomic E-state index is -0.0284. The molecule has 3 N–H and O–H groups in total. The molecule has 0 amide bonds. The van der Waals surface area contributed by atoms with Crippen LogP contribution in [0.1, 0.15) is 17.3 Å². The summed E-state index contributed by atoms with van der Waals surface area (Å²) in [6, 6.07) is 7.89. The summed E-state index contributed by atoms with van der Waals surface area (Å²) in [5, 5.41) is 13.9. The number of rotatable bonds is 3. The smallest absolute Gasteiger partial charge is 0.183 e. The number of halogens is 1. The minimum absolute atomic E-state index is 0.0284. The second-order valence-corrected chi connectivity index (χ2v) is 3.93. The van der Waals surface area contributed by atoms with E-state index in [1.54, 1.807) is 0 Å². The van der Waals surface area contributed by atoms with Gasteiger partial charge in [0.05, 0.1) is 5.92 Å². The van der Waals surface area contributed by atoms with Crippen molar-refractivity contribution in [3.63, 3.8) is 0 Å². The van der Waals surface area contributed by atoms with Crippen molar-refractivity contribution in [3.8, 4) is 0 Å². The maximum Gasteiger partial charge on any atom is 0.183 e. The molecule has 0 saturated carbocycles. The first kappa shape index (κ1) is 10.3. The van der Waals surface area contributed by atoms with Crippen molar-refractivity contribution in [3.05, 3.63) is 40.1 Å². The van der Waals surface area contributed by atoms with Crippen LogP contribution in [0.15, 0.2) is 28.7 Å². The maximum atomic E-state index is 5.72. The molecule has 2 rings (SSSR count). The van der Waals surface area contributed by atoms with Crippen LogP contribution in [0.3, 0.4) is 0 Å². The summed E-state index contributed by atoms with van der Waals surface area (Å²) in [6.45, 7) is 0.447. The predicted molar refractivity (Wildman–Crippen MR) is 59.2 cm³/mol. The zero-order valence-electron chi connectivity index (χ0n) is 7.89. The first-order valence-electron chi connectivity index (χ1n) is 4.50. The van der Waals surface area contributed by atoms with Crippen molar-refractivity contribution in [1.82, 2.24) is 20.6 Å².